The first-order chi connectivity index (χ1) is 15.8. The van der Waals surface area contributed by atoms with E-state index in [-0.39, 0.29) is 17.6 Å². The first-order valence-corrected chi connectivity index (χ1v) is 12.5. The van der Waals surface area contributed by atoms with Crippen LogP contribution < -0.4 is 9.47 Å². The smallest absolute Gasteiger partial charge is 0.304 e. The molecule has 0 spiro atoms. The van der Waals surface area contributed by atoms with Gasteiger partial charge in [-0.2, -0.15) is 4.21 Å². The molecule has 0 unspecified atom stereocenters. The molecular formula is C24H33N3O5S. The highest BCUT2D eigenvalue weighted by Crippen LogP contribution is 2.30. The van der Waals surface area contributed by atoms with E-state index in [9.17, 15) is 4.21 Å². The molecule has 2 aliphatic heterocycles. The summed E-state index contributed by atoms with van der Waals surface area (Å²) in [4.78, 5) is 11.2. The quantitative estimate of drug-likeness (QED) is 0.620. The molecule has 4 rings (SSSR count). The standard InChI is InChI=1S/C24H33N3O5S/c1-17-22(25-16-26-23(17)32-21-9-11-27(12-10-21)24(2,3)4)31-20-7-5-18(6-8-20)13-19-14-29-33(28)30-15-19/h5-8,16,19,21H,9-15H2,1-4H3. The van der Waals surface area contributed by atoms with Gasteiger partial charge in [-0.05, 0) is 64.7 Å². The Labute approximate surface area is 198 Å². The molecule has 2 saturated heterocycles. The van der Waals surface area contributed by atoms with Crippen LogP contribution in [0.4, 0.5) is 0 Å². The molecule has 0 atom stereocenters. The van der Waals surface area contributed by atoms with E-state index in [1.54, 1.807) is 0 Å². The normalized spacial score (nSPS) is 22.8. The largest absolute Gasteiger partial charge is 0.474 e. The lowest BCUT2D eigenvalue weighted by Crippen LogP contribution is -2.48. The van der Waals surface area contributed by atoms with Crippen molar-refractivity contribution < 1.29 is 22.0 Å². The van der Waals surface area contributed by atoms with Crippen molar-refractivity contribution >= 4 is 11.4 Å². The fraction of sp³-hybridized carbons (Fsp3) is 0.583. The Morgan fingerprint density at radius 1 is 1.06 bits per heavy atom. The predicted octanol–water partition coefficient (Wildman–Crippen LogP) is 4.00. The van der Waals surface area contributed by atoms with Gasteiger partial charge in [0.2, 0.25) is 11.8 Å². The minimum atomic E-state index is -1.60. The number of rotatable bonds is 6. The Morgan fingerprint density at radius 2 is 1.70 bits per heavy atom. The average Bonchev–Trinajstić information content (AvgIpc) is 2.79. The maximum atomic E-state index is 11.1. The molecule has 2 fully saturated rings. The topological polar surface area (TPSA) is 83.0 Å². The summed E-state index contributed by atoms with van der Waals surface area (Å²) < 4.78 is 33.5. The highest BCUT2D eigenvalue weighted by molar-refractivity contribution is 7.75. The number of nitrogens with zero attached hydrogens (tertiary/aromatic N) is 3. The number of piperidine rings is 1. The van der Waals surface area contributed by atoms with Crippen molar-refractivity contribution in [3.8, 4) is 17.5 Å². The minimum absolute atomic E-state index is 0.148. The summed E-state index contributed by atoms with van der Waals surface area (Å²) in [5, 5.41) is 0. The van der Waals surface area contributed by atoms with E-state index < -0.39 is 11.4 Å². The Bertz CT molecular complexity index is 946. The third-order valence-corrected chi connectivity index (χ3v) is 6.78. The molecule has 1 aromatic heterocycles. The zero-order chi connectivity index (χ0) is 23.4. The number of likely N-dealkylation sites (tertiary alicyclic amines) is 1. The van der Waals surface area contributed by atoms with Crippen molar-refractivity contribution in [2.75, 3.05) is 26.3 Å². The third-order valence-electron chi connectivity index (χ3n) is 6.12. The Morgan fingerprint density at radius 3 is 2.33 bits per heavy atom. The Balaban J connectivity index is 1.33. The minimum Gasteiger partial charge on any atom is -0.474 e. The van der Waals surface area contributed by atoms with Gasteiger partial charge in [0.05, 0.1) is 18.8 Å². The van der Waals surface area contributed by atoms with Crippen molar-refractivity contribution in [3.05, 3.63) is 41.7 Å². The molecule has 2 aromatic rings. The highest BCUT2D eigenvalue weighted by Gasteiger charge is 2.28. The first-order valence-electron chi connectivity index (χ1n) is 11.5. The van der Waals surface area contributed by atoms with Gasteiger partial charge in [-0.1, -0.05) is 12.1 Å². The lowest BCUT2D eigenvalue weighted by atomic mass is 9.99. The third kappa shape index (κ3) is 6.50. The number of aromatic nitrogens is 2. The van der Waals surface area contributed by atoms with Gasteiger partial charge in [-0.15, -0.1) is 0 Å². The summed E-state index contributed by atoms with van der Waals surface area (Å²) in [7, 11) is 0. The van der Waals surface area contributed by atoms with Crippen LogP contribution in [-0.2, 0) is 26.1 Å². The van der Waals surface area contributed by atoms with Gasteiger partial charge in [0, 0.05) is 24.5 Å². The molecule has 0 aliphatic carbocycles. The summed E-state index contributed by atoms with van der Waals surface area (Å²) >= 11 is -1.60. The van der Waals surface area contributed by atoms with Gasteiger partial charge in [-0.3, -0.25) is 13.3 Å². The van der Waals surface area contributed by atoms with Gasteiger partial charge >= 0.3 is 11.4 Å². The van der Waals surface area contributed by atoms with E-state index in [0.29, 0.717) is 30.7 Å². The predicted molar refractivity (Wildman–Crippen MR) is 126 cm³/mol. The molecule has 0 amide bonds. The average molecular weight is 476 g/mol. The molecule has 1 aromatic carbocycles. The number of benzene rings is 1. The summed E-state index contributed by atoms with van der Waals surface area (Å²) in [5.41, 5.74) is 2.12. The molecule has 0 bridgehead atoms. The molecule has 0 radical (unpaired) electrons. The van der Waals surface area contributed by atoms with Crippen molar-refractivity contribution in [1.29, 1.82) is 0 Å². The summed E-state index contributed by atoms with van der Waals surface area (Å²) in [6, 6.07) is 7.86. The van der Waals surface area contributed by atoms with E-state index in [4.69, 9.17) is 17.8 Å². The number of hydrogen-bond acceptors (Lipinski definition) is 8. The summed E-state index contributed by atoms with van der Waals surface area (Å²) in [6.07, 6.45) is 4.38. The zero-order valence-corrected chi connectivity index (χ0v) is 20.6. The van der Waals surface area contributed by atoms with E-state index in [0.717, 1.165) is 43.5 Å². The van der Waals surface area contributed by atoms with Gasteiger partial charge in [0.15, 0.2) is 0 Å². The van der Waals surface area contributed by atoms with Gasteiger partial charge in [0.25, 0.3) is 0 Å². The van der Waals surface area contributed by atoms with E-state index >= 15 is 0 Å². The van der Waals surface area contributed by atoms with Crippen molar-refractivity contribution in [2.24, 2.45) is 5.92 Å². The number of ether oxygens (including phenoxy) is 2. The van der Waals surface area contributed by atoms with Gasteiger partial charge in [-0.25, -0.2) is 9.97 Å². The molecule has 2 aliphatic rings. The first kappa shape index (κ1) is 24.1. The molecular weight excluding hydrogens is 442 g/mol. The van der Waals surface area contributed by atoms with E-state index in [2.05, 4.69) is 35.6 Å². The summed E-state index contributed by atoms with van der Waals surface area (Å²) in [5.74, 6) is 1.97. The van der Waals surface area contributed by atoms with Crippen LogP contribution in [0, 0.1) is 12.8 Å². The SMILES string of the molecule is Cc1c(Oc2ccc(CC3COS(=O)OC3)cc2)ncnc1OC1CCN(C(C)(C)C)CC1. The van der Waals surface area contributed by atoms with Gasteiger partial charge < -0.3 is 9.47 Å². The second-order valence-corrected chi connectivity index (χ2v) is 10.6. The Hall–Kier alpha value is -2.07. The maximum absolute atomic E-state index is 11.1. The van der Waals surface area contributed by atoms with Crippen molar-refractivity contribution in [2.45, 2.75) is 58.6 Å². The van der Waals surface area contributed by atoms with Crippen LogP contribution in [0.1, 0.15) is 44.7 Å². The second-order valence-electron chi connectivity index (χ2n) is 9.67. The van der Waals surface area contributed by atoms with Crippen LogP contribution >= 0.6 is 0 Å². The second kappa shape index (κ2) is 10.5. The maximum Gasteiger partial charge on any atom is 0.304 e. The molecule has 0 N–H and O–H groups in total. The van der Waals surface area contributed by atoms with Crippen LogP contribution in [0.5, 0.6) is 17.5 Å². The molecule has 9 heteroatoms. The van der Waals surface area contributed by atoms with Crippen LogP contribution in [0.3, 0.4) is 0 Å². The lowest BCUT2D eigenvalue weighted by Gasteiger charge is -2.40. The highest BCUT2D eigenvalue weighted by atomic mass is 32.2. The van der Waals surface area contributed by atoms with Gasteiger partial charge in [0.1, 0.15) is 18.2 Å². The molecule has 180 valence electrons. The van der Waals surface area contributed by atoms with E-state index in [1.165, 1.54) is 6.33 Å². The van der Waals surface area contributed by atoms with Crippen LogP contribution in [0.2, 0.25) is 0 Å². The zero-order valence-electron chi connectivity index (χ0n) is 19.8. The van der Waals surface area contributed by atoms with Crippen LogP contribution in [-0.4, -0.2) is 57.0 Å². The van der Waals surface area contributed by atoms with Crippen molar-refractivity contribution in [3.63, 3.8) is 0 Å². The monoisotopic (exact) mass is 475 g/mol. The van der Waals surface area contributed by atoms with Crippen LogP contribution in [0.15, 0.2) is 30.6 Å². The van der Waals surface area contributed by atoms with Crippen molar-refractivity contribution in [1.82, 2.24) is 14.9 Å². The molecule has 33 heavy (non-hydrogen) atoms. The fourth-order valence-electron chi connectivity index (χ4n) is 4.09. The molecule has 3 heterocycles. The Kier molecular flexibility index (Phi) is 7.63. The number of hydrogen-bond donors (Lipinski definition) is 0. The lowest BCUT2D eigenvalue weighted by molar-refractivity contribution is 0.0467. The fourth-order valence-corrected chi connectivity index (χ4v) is 4.76. The van der Waals surface area contributed by atoms with E-state index in [1.807, 2.05) is 31.2 Å². The summed E-state index contributed by atoms with van der Waals surface area (Å²) in [6.45, 7) is 11.6. The molecule has 0 saturated carbocycles. The molecule has 8 nitrogen and oxygen atoms in total. The van der Waals surface area contributed by atoms with Crippen LogP contribution in [0.25, 0.3) is 0 Å².